The normalized spacial score (nSPS) is 10.4. The average Bonchev–Trinajstić information content (AvgIpc) is 2.39. The highest BCUT2D eigenvalue weighted by Gasteiger charge is 2.34. The van der Waals surface area contributed by atoms with Crippen LogP contribution < -0.4 is 5.32 Å². The number of aromatic hydroxyl groups is 2. The van der Waals surface area contributed by atoms with E-state index in [-0.39, 0.29) is 6.04 Å². The number of nitro benzene ring substituents is 1. The zero-order valence-electron chi connectivity index (χ0n) is 12.0. The molecule has 0 bridgehead atoms. The molecule has 0 aliphatic carbocycles. The molecule has 9 nitrogen and oxygen atoms in total. The number of halogens is 1. The van der Waals surface area contributed by atoms with Gasteiger partial charge < -0.3 is 15.5 Å². The summed E-state index contributed by atoms with van der Waals surface area (Å²) in [5.74, 6) is -3.04. The predicted octanol–water partition coefficient (Wildman–Crippen LogP) is 1.85. The fraction of sp³-hybridized carbons (Fsp3) is 0.333. The molecule has 0 aromatic heterocycles. The molecule has 0 saturated carbocycles. The summed E-state index contributed by atoms with van der Waals surface area (Å²) in [5.41, 5.74) is -1.76. The van der Waals surface area contributed by atoms with Crippen LogP contribution in [0.1, 0.15) is 24.2 Å². The van der Waals surface area contributed by atoms with Crippen molar-refractivity contribution in [1.82, 2.24) is 10.2 Å². The van der Waals surface area contributed by atoms with Crippen molar-refractivity contribution in [3.63, 3.8) is 0 Å². The van der Waals surface area contributed by atoms with E-state index in [9.17, 15) is 29.9 Å². The Bertz CT molecular complexity index is 646. The largest absolute Gasteiger partial charge is 0.504 e. The first-order valence-electron chi connectivity index (χ1n) is 6.05. The number of imide groups is 1. The number of phenolic OH excluding ortho intramolecular Hbond substituents is 2. The molecule has 22 heavy (non-hydrogen) atoms. The van der Waals surface area contributed by atoms with Gasteiger partial charge in [-0.25, -0.2) is 4.79 Å². The Balaban J connectivity index is 3.37. The van der Waals surface area contributed by atoms with E-state index in [4.69, 9.17) is 11.6 Å². The summed E-state index contributed by atoms with van der Waals surface area (Å²) in [4.78, 5) is 34.6. The molecule has 0 heterocycles. The van der Waals surface area contributed by atoms with Gasteiger partial charge >= 0.3 is 11.7 Å². The Kier molecular flexibility index (Phi) is 5.15. The summed E-state index contributed by atoms with van der Waals surface area (Å²) < 4.78 is 0. The van der Waals surface area contributed by atoms with Crippen LogP contribution in [0.3, 0.4) is 0 Å². The highest BCUT2D eigenvalue weighted by atomic mass is 35.5. The molecule has 0 atom stereocenters. The molecule has 120 valence electrons. The number of hydrogen-bond acceptors (Lipinski definition) is 6. The first kappa shape index (κ1) is 17.5. The van der Waals surface area contributed by atoms with E-state index in [1.165, 1.54) is 0 Å². The van der Waals surface area contributed by atoms with Crippen LogP contribution in [0.2, 0.25) is 5.02 Å². The van der Waals surface area contributed by atoms with Crippen LogP contribution in [0.15, 0.2) is 6.07 Å². The SMILES string of the molecule is CC(C)NC(=O)N(C)C(=O)c1c(Cl)cc(O)c(O)c1[N+](=O)[O-]. The molecule has 10 heteroatoms. The molecule has 3 amide bonds. The second-order valence-corrected chi connectivity index (χ2v) is 5.08. The molecular weight excluding hydrogens is 318 g/mol. The Labute approximate surface area is 130 Å². The van der Waals surface area contributed by atoms with Crippen molar-refractivity contribution in [2.45, 2.75) is 19.9 Å². The number of hydrogen-bond donors (Lipinski definition) is 3. The highest BCUT2D eigenvalue weighted by molar-refractivity contribution is 6.35. The highest BCUT2D eigenvalue weighted by Crippen LogP contribution is 2.42. The number of phenols is 2. The van der Waals surface area contributed by atoms with Crippen molar-refractivity contribution < 1.29 is 24.7 Å². The molecule has 0 radical (unpaired) electrons. The van der Waals surface area contributed by atoms with Gasteiger partial charge in [0.2, 0.25) is 5.75 Å². The molecule has 0 saturated heterocycles. The first-order chi connectivity index (χ1) is 10.1. The summed E-state index contributed by atoms with van der Waals surface area (Å²) in [6.45, 7) is 3.33. The lowest BCUT2D eigenvalue weighted by molar-refractivity contribution is -0.386. The number of rotatable bonds is 3. The molecule has 3 N–H and O–H groups in total. The van der Waals surface area contributed by atoms with Gasteiger partial charge in [-0.1, -0.05) is 11.6 Å². The van der Waals surface area contributed by atoms with Crippen molar-refractivity contribution in [2.75, 3.05) is 7.05 Å². The van der Waals surface area contributed by atoms with Gasteiger partial charge in [-0.3, -0.25) is 19.8 Å². The summed E-state index contributed by atoms with van der Waals surface area (Å²) in [6, 6.07) is -0.273. The zero-order chi connectivity index (χ0) is 17.2. The number of benzene rings is 1. The molecule has 1 rings (SSSR count). The number of carbonyl (C=O) groups excluding carboxylic acids is 2. The monoisotopic (exact) mass is 331 g/mol. The third kappa shape index (κ3) is 3.37. The molecule has 0 fully saturated rings. The van der Waals surface area contributed by atoms with Gasteiger partial charge in [-0.05, 0) is 13.8 Å². The number of carbonyl (C=O) groups is 2. The van der Waals surface area contributed by atoms with Gasteiger partial charge in [0.25, 0.3) is 5.91 Å². The number of nitrogens with one attached hydrogen (secondary N) is 1. The summed E-state index contributed by atoms with van der Waals surface area (Å²) in [7, 11) is 1.10. The minimum atomic E-state index is -1.10. The average molecular weight is 332 g/mol. The molecule has 0 aliphatic heterocycles. The second-order valence-electron chi connectivity index (χ2n) is 4.68. The quantitative estimate of drug-likeness (QED) is 0.439. The van der Waals surface area contributed by atoms with Crippen molar-refractivity contribution in [3.05, 3.63) is 26.8 Å². The first-order valence-corrected chi connectivity index (χ1v) is 6.43. The summed E-state index contributed by atoms with van der Waals surface area (Å²) in [6.07, 6.45) is 0. The van der Waals surface area contributed by atoms with Crippen molar-refractivity contribution in [2.24, 2.45) is 0 Å². The van der Waals surface area contributed by atoms with Gasteiger partial charge in [0.05, 0.1) is 9.95 Å². The van der Waals surface area contributed by atoms with Crippen LogP contribution in [0.5, 0.6) is 11.5 Å². The van der Waals surface area contributed by atoms with Crippen LogP contribution in [0, 0.1) is 10.1 Å². The maximum Gasteiger partial charge on any atom is 0.328 e. The van der Waals surface area contributed by atoms with Gasteiger partial charge in [-0.15, -0.1) is 0 Å². The Morgan fingerprint density at radius 3 is 2.41 bits per heavy atom. The van der Waals surface area contributed by atoms with Gasteiger partial charge in [0, 0.05) is 19.2 Å². The number of nitrogens with zero attached hydrogens (tertiary/aromatic N) is 2. The van der Waals surface area contributed by atoms with E-state index in [1.807, 2.05) is 0 Å². The topological polar surface area (TPSA) is 133 Å². The van der Waals surface area contributed by atoms with Crippen LogP contribution in [-0.2, 0) is 0 Å². The predicted molar refractivity (Wildman–Crippen MR) is 77.2 cm³/mol. The van der Waals surface area contributed by atoms with Crippen LogP contribution >= 0.6 is 11.6 Å². The zero-order valence-corrected chi connectivity index (χ0v) is 12.7. The lowest BCUT2D eigenvalue weighted by Gasteiger charge is -2.18. The summed E-state index contributed by atoms with van der Waals surface area (Å²) >= 11 is 5.75. The van der Waals surface area contributed by atoms with Gasteiger partial charge in [0.15, 0.2) is 5.75 Å². The van der Waals surface area contributed by atoms with E-state index < -0.39 is 44.6 Å². The lowest BCUT2D eigenvalue weighted by Crippen LogP contribution is -2.44. The summed E-state index contributed by atoms with van der Waals surface area (Å²) in [5, 5.41) is 31.9. The second kappa shape index (κ2) is 6.48. The minimum absolute atomic E-state index is 0.263. The van der Waals surface area contributed by atoms with E-state index in [0.29, 0.717) is 4.90 Å². The smallest absolute Gasteiger partial charge is 0.328 e. The van der Waals surface area contributed by atoms with E-state index in [0.717, 1.165) is 13.1 Å². The van der Waals surface area contributed by atoms with Crippen molar-refractivity contribution in [3.8, 4) is 11.5 Å². The third-order valence-corrected chi connectivity index (χ3v) is 2.92. The van der Waals surface area contributed by atoms with Crippen molar-refractivity contribution >= 4 is 29.2 Å². The molecule has 0 aliphatic rings. The lowest BCUT2D eigenvalue weighted by atomic mass is 10.1. The molecule has 0 unspecified atom stereocenters. The van der Waals surface area contributed by atoms with Crippen LogP contribution in [0.25, 0.3) is 0 Å². The minimum Gasteiger partial charge on any atom is -0.504 e. The number of urea groups is 1. The maximum atomic E-state index is 12.3. The van der Waals surface area contributed by atoms with Gasteiger partial charge in [0.1, 0.15) is 5.56 Å². The van der Waals surface area contributed by atoms with Crippen molar-refractivity contribution in [1.29, 1.82) is 0 Å². The molecule has 1 aromatic rings. The van der Waals surface area contributed by atoms with E-state index in [1.54, 1.807) is 13.8 Å². The van der Waals surface area contributed by atoms with Gasteiger partial charge in [-0.2, -0.15) is 0 Å². The number of nitro groups is 1. The molecule has 0 spiro atoms. The third-order valence-electron chi connectivity index (χ3n) is 2.62. The van der Waals surface area contributed by atoms with Crippen LogP contribution in [-0.4, -0.2) is 45.1 Å². The standard InChI is InChI=1S/C12H14ClN3O6/c1-5(2)14-12(20)15(3)11(19)8-6(13)4-7(17)10(18)9(8)16(21)22/h4-5,17-18H,1-3H3,(H,14,20). The fourth-order valence-electron chi connectivity index (χ4n) is 1.60. The molecular formula is C12H14ClN3O6. The Morgan fingerprint density at radius 1 is 1.41 bits per heavy atom. The Morgan fingerprint density at radius 2 is 1.95 bits per heavy atom. The fourth-order valence-corrected chi connectivity index (χ4v) is 1.87. The van der Waals surface area contributed by atoms with Crippen LogP contribution in [0.4, 0.5) is 10.5 Å². The van der Waals surface area contributed by atoms with E-state index in [2.05, 4.69) is 5.32 Å². The number of amides is 3. The maximum absolute atomic E-state index is 12.3. The van der Waals surface area contributed by atoms with E-state index >= 15 is 0 Å². The molecule has 1 aromatic carbocycles. The Hall–Kier alpha value is -2.55.